The van der Waals surface area contributed by atoms with E-state index in [-0.39, 0.29) is 13.2 Å². The molecule has 0 aliphatic carbocycles. The van der Waals surface area contributed by atoms with E-state index in [1.54, 1.807) is 6.20 Å². The summed E-state index contributed by atoms with van der Waals surface area (Å²) in [6, 6.07) is 3.67. The number of halogens is 1. The minimum atomic E-state index is -0.0551. The molecule has 1 rings (SSSR count). The summed E-state index contributed by atoms with van der Waals surface area (Å²) >= 11 is 3.22. The van der Waals surface area contributed by atoms with Crippen molar-refractivity contribution in [1.82, 2.24) is 10.0 Å². The molecule has 1 aromatic rings. The number of rotatable bonds is 4. The molecule has 0 spiro atoms. The van der Waals surface area contributed by atoms with Gasteiger partial charge in [-0.15, -0.1) is 0 Å². The highest BCUT2D eigenvalue weighted by Crippen LogP contribution is 2.07. The lowest BCUT2D eigenvalue weighted by molar-refractivity contribution is -0.107. The number of hydrogen-bond donors (Lipinski definition) is 2. The molecule has 0 radical (unpaired) electrons. The molecule has 2 N–H and O–H groups in total. The molecule has 4 nitrogen and oxygen atoms in total. The van der Waals surface area contributed by atoms with E-state index in [1.807, 2.05) is 12.1 Å². The van der Waals surface area contributed by atoms with Crippen LogP contribution >= 0.6 is 15.9 Å². The van der Waals surface area contributed by atoms with Crippen molar-refractivity contribution in [3.63, 3.8) is 0 Å². The molecule has 0 aromatic carbocycles. The number of pyridine rings is 1. The molecule has 0 aliphatic heterocycles. The molecule has 0 aliphatic rings. The molecule has 0 saturated heterocycles. The highest BCUT2D eigenvalue weighted by Gasteiger charge is 2.00. The fourth-order valence-corrected chi connectivity index (χ4v) is 1.14. The SMILES string of the molecule is OCCN(O)Cc1ccc(Br)nc1. The van der Waals surface area contributed by atoms with E-state index >= 15 is 0 Å². The number of aromatic nitrogens is 1. The molecule has 0 amide bonds. The van der Waals surface area contributed by atoms with Crippen molar-refractivity contribution in [2.45, 2.75) is 6.54 Å². The summed E-state index contributed by atoms with van der Waals surface area (Å²) in [4.78, 5) is 4.01. The van der Waals surface area contributed by atoms with E-state index in [2.05, 4.69) is 20.9 Å². The van der Waals surface area contributed by atoms with E-state index in [1.165, 1.54) is 0 Å². The lowest BCUT2D eigenvalue weighted by Crippen LogP contribution is -2.22. The van der Waals surface area contributed by atoms with Crippen molar-refractivity contribution in [2.75, 3.05) is 13.2 Å². The van der Waals surface area contributed by atoms with Crippen LogP contribution in [-0.2, 0) is 6.54 Å². The van der Waals surface area contributed by atoms with Gasteiger partial charge in [-0.25, -0.2) is 4.98 Å². The van der Waals surface area contributed by atoms with Crippen LogP contribution in [0.3, 0.4) is 0 Å². The van der Waals surface area contributed by atoms with Crippen molar-refractivity contribution in [3.05, 3.63) is 28.5 Å². The topological polar surface area (TPSA) is 56.6 Å². The average Bonchev–Trinajstić information content (AvgIpc) is 2.09. The molecule has 72 valence electrons. The quantitative estimate of drug-likeness (QED) is 0.616. The Morgan fingerprint density at radius 1 is 1.46 bits per heavy atom. The van der Waals surface area contributed by atoms with Crippen LogP contribution in [0.5, 0.6) is 0 Å². The summed E-state index contributed by atoms with van der Waals surface area (Å²) < 4.78 is 0.767. The second-order valence-electron chi connectivity index (χ2n) is 2.60. The van der Waals surface area contributed by atoms with Gasteiger partial charge in [-0.1, -0.05) is 6.07 Å². The zero-order valence-corrected chi connectivity index (χ0v) is 8.61. The molecule has 13 heavy (non-hydrogen) atoms. The van der Waals surface area contributed by atoms with Crippen LogP contribution < -0.4 is 0 Å². The van der Waals surface area contributed by atoms with Gasteiger partial charge in [0.05, 0.1) is 13.2 Å². The lowest BCUT2D eigenvalue weighted by atomic mass is 10.3. The Labute approximate surface area is 84.9 Å². The molecule has 1 heterocycles. The Bertz CT molecular complexity index is 253. The van der Waals surface area contributed by atoms with Gasteiger partial charge in [-0.2, -0.15) is 5.06 Å². The van der Waals surface area contributed by atoms with Gasteiger partial charge in [-0.3, -0.25) is 0 Å². The Hall–Kier alpha value is -0.490. The first kappa shape index (κ1) is 10.6. The van der Waals surface area contributed by atoms with Gasteiger partial charge >= 0.3 is 0 Å². The Morgan fingerprint density at radius 2 is 2.23 bits per heavy atom. The average molecular weight is 247 g/mol. The first-order valence-corrected chi connectivity index (χ1v) is 4.67. The summed E-state index contributed by atoms with van der Waals surface area (Å²) in [6.07, 6.45) is 1.67. The van der Waals surface area contributed by atoms with Gasteiger partial charge in [-0.05, 0) is 27.6 Å². The number of nitrogens with zero attached hydrogens (tertiary/aromatic N) is 2. The van der Waals surface area contributed by atoms with Crippen LogP contribution in [0.25, 0.3) is 0 Å². The first-order chi connectivity index (χ1) is 6.22. The zero-order chi connectivity index (χ0) is 9.68. The van der Waals surface area contributed by atoms with E-state index in [0.29, 0.717) is 6.54 Å². The van der Waals surface area contributed by atoms with Crippen LogP contribution in [0.4, 0.5) is 0 Å². The van der Waals surface area contributed by atoms with E-state index in [9.17, 15) is 5.21 Å². The third-order valence-corrected chi connectivity index (χ3v) is 1.98. The first-order valence-electron chi connectivity index (χ1n) is 3.87. The fraction of sp³-hybridized carbons (Fsp3) is 0.375. The molecule has 0 fully saturated rings. The van der Waals surface area contributed by atoms with Gasteiger partial charge in [0.15, 0.2) is 0 Å². The molecular formula is C8H11BrN2O2. The maximum absolute atomic E-state index is 9.21. The van der Waals surface area contributed by atoms with Crippen molar-refractivity contribution in [2.24, 2.45) is 0 Å². The normalized spacial score (nSPS) is 10.8. The van der Waals surface area contributed by atoms with E-state index < -0.39 is 0 Å². The second-order valence-corrected chi connectivity index (χ2v) is 3.41. The smallest absolute Gasteiger partial charge is 0.106 e. The molecule has 0 saturated carbocycles. The highest BCUT2D eigenvalue weighted by molar-refractivity contribution is 9.10. The molecule has 5 heteroatoms. The number of aliphatic hydroxyl groups excluding tert-OH is 1. The van der Waals surface area contributed by atoms with E-state index in [0.717, 1.165) is 15.2 Å². The van der Waals surface area contributed by atoms with Crippen molar-refractivity contribution < 1.29 is 10.3 Å². The third-order valence-electron chi connectivity index (χ3n) is 1.51. The molecule has 0 bridgehead atoms. The maximum Gasteiger partial charge on any atom is 0.106 e. The largest absolute Gasteiger partial charge is 0.395 e. The zero-order valence-electron chi connectivity index (χ0n) is 7.02. The molecule has 0 atom stereocenters. The van der Waals surface area contributed by atoms with Gasteiger partial charge in [0.2, 0.25) is 0 Å². The predicted octanol–water partition coefficient (Wildman–Crippen LogP) is 1.03. The van der Waals surface area contributed by atoms with Crippen LogP contribution in [0.2, 0.25) is 0 Å². The number of hydrogen-bond acceptors (Lipinski definition) is 4. The Morgan fingerprint density at radius 3 is 2.77 bits per heavy atom. The molecule has 0 unspecified atom stereocenters. The summed E-state index contributed by atoms with van der Waals surface area (Å²) in [7, 11) is 0. The summed E-state index contributed by atoms with van der Waals surface area (Å²) in [5, 5.41) is 18.8. The second kappa shape index (κ2) is 5.29. The third kappa shape index (κ3) is 3.82. The monoisotopic (exact) mass is 246 g/mol. The van der Waals surface area contributed by atoms with Gasteiger partial charge < -0.3 is 10.3 Å². The predicted molar refractivity (Wildman–Crippen MR) is 51.2 cm³/mol. The minimum Gasteiger partial charge on any atom is -0.395 e. The Balaban J connectivity index is 2.49. The van der Waals surface area contributed by atoms with Crippen LogP contribution in [0, 0.1) is 0 Å². The van der Waals surface area contributed by atoms with Crippen molar-refractivity contribution >= 4 is 15.9 Å². The van der Waals surface area contributed by atoms with Crippen molar-refractivity contribution in [1.29, 1.82) is 0 Å². The van der Waals surface area contributed by atoms with Crippen LogP contribution in [-0.4, -0.2) is 33.5 Å². The Kier molecular flexibility index (Phi) is 4.31. The van der Waals surface area contributed by atoms with Gasteiger partial charge in [0.1, 0.15) is 4.60 Å². The highest BCUT2D eigenvalue weighted by atomic mass is 79.9. The van der Waals surface area contributed by atoms with E-state index in [4.69, 9.17) is 5.11 Å². The van der Waals surface area contributed by atoms with Crippen LogP contribution in [0.1, 0.15) is 5.56 Å². The standard InChI is InChI=1S/C8H11BrN2O2/c9-8-2-1-7(5-10-8)6-11(13)3-4-12/h1-2,5,12-13H,3-4,6H2. The maximum atomic E-state index is 9.21. The lowest BCUT2D eigenvalue weighted by Gasteiger charge is -2.12. The molecule has 1 aromatic heterocycles. The van der Waals surface area contributed by atoms with Gasteiger partial charge in [0.25, 0.3) is 0 Å². The minimum absolute atomic E-state index is 0.0551. The summed E-state index contributed by atoms with van der Waals surface area (Å²) in [5.74, 6) is 0. The summed E-state index contributed by atoms with van der Waals surface area (Å²) in [5.41, 5.74) is 0.902. The fourth-order valence-electron chi connectivity index (χ4n) is 0.905. The number of hydroxylamine groups is 2. The van der Waals surface area contributed by atoms with Crippen molar-refractivity contribution in [3.8, 4) is 0 Å². The number of aliphatic hydroxyl groups is 1. The summed E-state index contributed by atoms with van der Waals surface area (Å²) in [6.45, 7) is 0.567. The molecular weight excluding hydrogens is 236 g/mol. The van der Waals surface area contributed by atoms with Crippen LogP contribution in [0.15, 0.2) is 22.9 Å². The van der Waals surface area contributed by atoms with Gasteiger partial charge in [0, 0.05) is 12.7 Å².